The minimum absolute atomic E-state index is 0.0104. The Morgan fingerprint density at radius 1 is 1.06 bits per heavy atom. The molecule has 278 valence electrons. The van der Waals surface area contributed by atoms with E-state index in [1.807, 2.05) is 6.92 Å². The number of esters is 2. The lowest BCUT2D eigenvalue weighted by molar-refractivity contribution is -0.319. The fraction of sp³-hybridized carbons (Fsp3) is 0.737. The van der Waals surface area contributed by atoms with Crippen molar-refractivity contribution in [3.05, 3.63) is 29.8 Å². The van der Waals surface area contributed by atoms with Gasteiger partial charge in [-0.1, -0.05) is 26.0 Å². The van der Waals surface area contributed by atoms with Crippen molar-refractivity contribution in [1.29, 1.82) is 0 Å². The van der Waals surface area contributed by atoms with Gasteiger partial charge in [-0.15, -0.1) is 0 Å². The van der Waals surface area contributed by atoms with Crippen LogP contribution >= 0.6 is 0 Å². The molecule has 14 atom stereocenters. The molecule has 2 aliphatic heterocycles. The molecular formula is C38H50N2O11. The Hall–Kier alpha value is -2.94. The molecule has 0 aromatic heterocycles. The van der Waals surface area contributed by atoms with Crippen LogP contribution in [0.4, 0.5) is 5.69 Å². The molecule has 1 aromatic carbocycles. The summed E-state index contributed by atoms with van der Waals surface area (Å²) in [5.74, 6) is -3.55. The van der Waals surface area contributed by atoms with Gasteiger partial charge in [0.2, 0.25) is 11.8 Å². The monoisotopic (exact) mass is 710 g/mol. The number of amides is 2. The van der Waals surface area contributed by atoms with E-state index in [-0.39, 0.29) is 66.4 Å². The predicted molar refractivity (Wildman–Crippen MR) is 179 cm³/mol. The van der Waals surface area contributed by atoms with Crippen molar-refractivity contribution in [3.8, 4) is 0 Å². The summed E-state index contributed by atoms with van der Waals surface area (Å²) < 4.78 is 31.1. The molecule has 7 aliphatic rings. The molecule has 2 amide bonds. The molecule has 5 aliphatic carbocycles. The van der Waals surface area contributed by atoms with Crippen LogP contribution in [0.3, 0.4) is 0 Å². The van der Waals surface area contributed by atoms with E-state index in [1.54, 1.807) is 52.5 Å². The van der Waals surface area contributed by atoms with Crippen LogP contribution in [0.25, 0.3) is 0 Å². The number of hydrogen-bond donors (Lipinski definition) is 2. The number of carbonyl (C=O) groups is 4. The zero-order valence-corrected chi connectivity index (χ0v) is 30.2. The minimum atomic E-state index is -1.82. The Balaban J connectivity index is 1.23. The lowest BCUT2D eigenvalue weighted by atomic mass is 9.42. The van der Waals surface area contributed by atoms with Crippen molar-refractivity contribution >= 4 is 29.4 Å². The van der Waals surface area contributed by atoms with Crippen LogP contribution in [-0.4, -0.2) is 122 Å². The van der Waals surface area contributed by atoms with Gasteiger partial charge in [-0.2, -0.15) is 0 Å². The number of anilines is 1. The molecule has 5 saturated carbocycles. The highest BCUT2D eigenvalue weighted by atomic mass is 16.6. The van der Waals surface area contributed by atoms with E-state index in [0.29, 0.717) is 32.4 Å². The number of benzene rings is 1. The molecule has 7 bridgehead atoms. The number of fused-ring (bicyclic) bond motifs is 2. The molecule has 13 heteroatoms. The Morgan fingerprint density at radius 3 is 2.43 bits per heavy atom. The van der Waals surface area contributed by atoms with Crippen molar-refractivity contribution in [2.24, 2.45) is 40.4 Å². The number of carbonyl (C=O) groups excluding carboxylic acids is 4. The van der Waals surface area contributed by atoms with E-state index in [2.05, 4.69) is 4.90 Å². The van der Waals surface area contributed by atoms with Crippen LogP contribution in [-0.2, 0) is 38.1 Å². The lowest BCUT2D eigenvalue weighted by Gasteiger charge is -2.70. The normalized spacial score (nSPS) is 46.4. The molecule has 1 aromatic rings. The Bertz CT molecular complexity index is 1650. The number of methoxy groups -OCH3 is 3. The first kappa shape index (κ1) is 35.1. The molecule has 7 fully saturated rings. The number of ether oxygens (including phenoxy) is 5. The standard InChI is InChI=1S/C38H50N2O11/c1-7-39-17-35(18-50-33(44)21-10-8-9-11-24(21)40-27(42)14-19(2)32(40)43)13-12-26(47-4)37-23-15-22-25(51-20(3)41)16-36(45,28(23)29(22)48-5)38(46,34(37)39)31(49-6)30(35)37/h8-11,19,22-23,25-26,28-31,34,45-46H,7,12-18H2,1-6H3/t19-,22+,23?,25-,26-,28?,29-,30?,31-,34-,35-,36+,37-,38-/m0/s1. The van der Waals surface area contributed by atoms with E-state index in [0.717, 1.165) is 4.90 Å². The molecule has 2 saturated heterocycles. The summed E-state index contributed by atoms with van der Waals surface area (Å²) in [7, 11) is 4.88. The Kier molecular flexibility index (Phi) is 8.11. The number of rotatable bonds is 9. The summed E-state index contributed by atoms with van der Waals surface area (Å²) in [4.78, 5) is 55.6. The highest BCUT2D eigenvalue weighted by Gasteiger charge is 2.91. The summed E-state index contributed by atoms with van der Waals surface area (Å²) in [6.45, 7) is 6.10. The predicted octanol–water partition coefficient (Wildman–Crippen LogP) is 1.95. The fourth-order valence-corrected chi connectivity index (χ4v) is 13.2. The summed E-state index contributed by atoms with van der Waals surface area (Å²) in [5, 5.41) is 26.7. The molecular weight excluding hydrogens is 660 g/mol. The number of para-hydroxylation sites is 1. The number of aliphatic hydroxyl groups is 2. The maximum atomic E-state index is 14.1. The maximum absolute atomic E-state index is 14.1. The molecule has 51 heavy (non-hydrogen) atoms. The first-order valence-corrected chi connectivity index (χ1v) is 18.4. The summed E-state index contributed by atoms with van der Waals surface area (Å²) in [6.07, 6.45) is -0.365. The summed E-state index contributed by atoms with van der Waals surface area (Å²) in [5.41, 5.74) is -4.67. The lowest BCUT2D eigenvalue weighted by Crippen LogP contribution is -2.82. The Morgan fingerprint density at radius 2 is 1.80 bits per heavy atom. The molecule has 13 nitrogen and oxygen atoms in total. The number of imide groups is 1. The summed E-state index contributed by atoms with van der Waals surface area (Å²) in [6, 6.07) is 5.96. The number of likely N-dealkylation sites (tertiary alicyclic amines) is 1. The summed E-state index contributed by atoms with van der Waals surface area (Å²) >= 11 is 0. The SMILES string of the molecule is CCN1C[C@]2(COC(=O)c3ccccc3N3C(=O)C[C@H](C)C3=O)CC[C@H](OC)[C@@]34C5C[C@@H]6[C@@H](OC(C)=O)C[C@@](O)(C5[C@H]6OC)[C@](O)([C@@H](OC)C23)[C@@H]14. The van der Waals surface area contributed by atoms with Gasteiger partial charge in [-0.3, -0.25) is 19.3 Å². The molecule has 2 N–H and O–H groups in total. The van der Waals surface area contributed by atoms with Crippen molar-refractivity contribution in [3.63, 3.8) is 0 Å². The fourth-order valence-electron chi connectivity index (χ4n) is 13.2. The average molecular weight is 711 g/mol. The van der Waals surface area contributed by atoms with Gasteiger partial charge in [0.1, 0.15) is 17.3 Å². The molecule has 0 radical (unpaired) electrons. The third-order valence-corrected chi connectivity index (χ3v) is 14.5. The van der Waals surface area contributed by atoms with E-state index in [9.17, 15) is 29.4 Å². The van der Waals surface area contributed by atoms with Crippen LogP contribution in [0, 0.1) is 40.4 Å². The van der Waals surface area contributed by atoms with Gasteiger partial charge < -0.3 is 33.9 Å². The van der Waals surface area contributed by atoms with Crippen LogP contribution in [0.15, 0.2) is 24.3 Å². The average Bonchev–Trinajstić information content (AvgIpc) is 3.64. The van der Waals surface area contributed by atoms with E-state index in [1.165, 1.54) is 6.92 Å². The molecule has 2 heterocycles. The third kappa shape index (κ3) is 4.19. The number of hydrogen-bond acceptors (Lipinski definition) is 12. The van der Waals surface area contributed by atoms with Gasteiger partial charge in [0, 0.05) is 82.1 Å². The van der Waals surface area contributed by atoms with Crippen molar-refractivity contribution < 1.29 is 53.1 Å². The second kappa shape index (κ2) is 11.8. The number of likely N-dealkylation sites (N-methyl/N-ethyl adjacent to an activating group) is 1. The second-order valence-corrected chi connectivity index (χ2v) is 16.3. The Labute approximate surface area is 297 Å². The third-order valence-electron chi connectivity index (χ3n) is 14.5. The van der Waals surface area contributed by atoms with Gasteiger partial charge in [0.25, 0.3) is 0 Å². The van der Waals surface area contributed by atoms with Crippen LogP contribution in [0.1, 0.15) is 63.2 Å². The molecule has 1 spiro atoms. The van der Waals surface area contributed by atoms with Gasteiger partial charge >= 0.3 is 11.9 Å². The molecule has 8 rings (SSSR count). The van der Waals surface area contributed by atoms with E-state index >= 15 is 0 Å². The largest absolute Gasteiger partial charge is 0.462 e. The number of piperidine rings is 1. The minimum Gasteiger partial charge on any atom is -0.462 e. The van der Waals surface area contributed by atoms with Gasteiger partial charge in [0.05, 0.1) is 42.2 Å². The van der Waals surface area contributed by atoms with Crippen LogP contribution < -0.4 is 4.90 Å². The van der Waals surface area contributed by atoms with Crippen molar-refractivity contribution in [1.82, 2.24) is 4.90 Å². The maximum Gasteiger partial charge on any atom is 0.340 e. The van der Waals surface area contributed by atoms with Gasteiger partial charge in [-0.05, 0) is 43.9 Å². The zero-order valence-electron chi connectivity index (χ0n) is 30.2. The second-order valence-electron chi connectivity index (χ2n) is 16.3. The number of nitrogens with zero attached hydrogens (tertiary/aromatic N) is 2. The highest BCUT2D eigenvalue weighted by molar-refractivity contribution is 6.22. The molecule has 3 unspecified atom stereocenters. The topological polar surface area (TPSA) is 161 Å². The van der Waals surface area contributed by atoms with Crippen LogP contribution in [0.2, 0.25) is 0 Å². The van der Waals surface area contributed by atoms with Gasteiger partial charge in [0.15, 0.2) is 0 Å². The van der Waals surface area contributed by atoms with Crippen LogP contribution in [0.5, 0.6) is 0 Å². The van der Waals surface area contributed by atoms with Crippen molar-refractivity contribution in [2.45, 2.75) is 94.5 Å². The van der Waals surface area contributed by atoms with Crippen molar-refractivity contribution in [2.75, 3.05) is 45.9 Å². The quantitative estimate of drug-likeness (QED) is 0.284. The first-order valence-electron chi connectivity index (χ1n) is 18.4. The smallest absolute Gasteiger partial charge is 0.340 e. The van der Waals surface area contributed by atoms with E-state index < -0.39 is 70.2 Å². The highest BCUT2D eigenvalue weighted by Crippen LogP contribution is 2.80. The first-order chi connectivity index (χ1) is 24.3. The van der Waals surface area contributed by atoms with Gasteiger partial charge in [-0.25, -0.2) is 9.69 Å². The van der Waals surface area contributed by atoms with E-state index in [4.69, 9.17) is 23.7 Å². The zero-order chi connectivity index (χ0) is 36.4.